The molecule has 26 heavy (non-hydrogen) atoms. The molecule has 1 aromatic heterocycles. The van der Waals surface area contributed by atoms with Gasteiger partial charge in [0, 0.05) is 32.7 Å². The molecule has 1 atom stereocenters. The molecule has 2 amide bonds. The van der Waals surface area contributed by atoms with Crippen molar-refractivity contribution in [1.82, 2.24) is 14.7 Å². The van der Waals surface area contributed by atoms with Crippen molar-refractivity contribution in [2.45, 2.75) is 33.4 Å². The van der Waals surface area contributed by atoms with Crippen LogP contribution in [0.4, 0.5) is 0 Å². The van der Waals surface area contributed by atoms with Crippen molar-refractivity contribution >= 4 is 11.8 Å². The highest BCUT2D eigenvalue weighted by molar-refractivity contribution is 5.98. The van der Waals surface area contributed by atoms with Gasteiger partial charge in [-0.1, -0.05) is 13.8 Å². The average Bonchev–Trinajstić information content (AvgIpc) is 3.08. The third kappa shape index (κ3) is 4.27. The summed E-state index contributed by atoms with van der Waals surface area (Å²) < 4.78 is 10.9. The molecule has 2 aliphatic heterocycles. The number of piperazine rings is 1. The van der Waals surface area contributed by atoms with Gasteiger partial charge in [-0.15, -0.1) is 0 Å². The van der Waals surface area contributed by atoms with E-state index >= 15 is 0 Å². The lowest BCUT2D eigenvalue weighted by molar-refractivity contribution is -0.140. The topological polar surface area (TPSA) is 66.2 Å². The molecule has 3 heterocycles. The Bertz CT molecular complexity index is 636. The molecule has 0 radical (unpaired) electrons. The van der Waals surface area contributed by atoms with Crippen molar-refractivity contribution in [2.24, 2.45) is 5.92 Å². The normalized spacial score (nSPS) is 22.3. The van der Waals surface area contributed by atoms with Crippen LogP contribution in [0.15, 0.2) is 16.7 Å². The molecule has 2 saturated heterocycles. The second-order valence-electron chi connectivity index (χ2n) is 7.54. The summed E-state index contributed by atoms with van der Waals surface area (Å²) in [5.41, 5.74) is 0.519. The number of furan rings is 1. The molecule has 7 nitrogen and oxygen atoms in total. The highest BCUT2D eigenvalue weighted by Gasteiger charge is 2.35. The van der Waals surface area contributed by atoms with Crippen molar-refractivity contribution in [3.63, 3.8) is 0 Å². The van der Waals surface area contributed by atoms with Crippen LogP contribution in [-0.4, -0.2) is 78.5 Å². The lowest BCUT2D eigenvalue weighted by Crippen LogP contribution is -2.58. The molecule has 0 saturated carbocycles. The molecule has 0 aromatic carbocycles. The SMILES string of the molecule is CC(C)CN1CCN(C(=O)c2coc(CN3CCOCC3)c2)[C@@H](C)C1=O. The molecule has 0 aliphatic carbocycles. The number of morpholine rings is 1. The third-order valence-electron chi connectivity index (χ3n) is 4.98. The van der Waals surface area contributed by atoms with Gasteiger partial charge in [-0.05, 0) is 18.9 Å². The molecule has 2 aliphatic rings. The Morgan fingerprint density at radius 1 is 1.23 bits per heavy atom. The molecule has 7 heteroatoms. The van der Waals surface area contributed by atoms with Gasteiger partial charge < -0.3 is 19.0 Å². The van der Waals surface area contributed by atoms with E-state index in [-0.39, 0.29) is 11.8 Å². The van der Waals surface area contributed by atoms with E-state index in [9.17, 15) is 9.59 Å². The maximum absolute atomic E-state index is 12.9. The smallest absolute Gasteiger partial charge is 0.257 e. The minimum atomic E-state index is -0.437. The summed E-state index contributed by atoms with van der Waals surface area (Å²) in [7, 11) is 0. The molecule has 3 rings (SSSR count). The molecular formula is C19H29N3O4. The third-order valence-corrected chi connectivity index (χ3v) is 4.98. The van der Waals surface area contributed by atoms with Gasteiger partial charge in [-0.2, -0.15) is 0 Å². The van der Waals surface area contributed by atoms with E-state index in [0.29, 0.717) is 31.1 Å². The van der Waals surface area contributed by atoms with Crippen LogP contribution in [-0.2, 0) is 16.1 Å². The highest BCUT2D eigenvalue weighted by Crippen LogP contribution is 2.19. The standard InChI is InChI=1S/C19H29N3O4/c1-14(2)11-21-4-5-22(15(3)18(21)23)19(24)16-10-17(26-13-16)12-20-6-8-25-9-7-20/h10,13-15H,4-9,11-12H2,1-3H3/t15-/m0/s1. The zero-order chi connectivity index (χ0) is 18.7. The summed E-state index contributed by atoms with van der Waals surface area (Å²) in [6.45, 7) is 11.7. The lowest BCUT2D eigenvalue weighted by atomic mass is 10.1. The Hall–Kier alpha value is -1.86. The Balaban J connectivity index is 1.61. The molecule has 2 fully saturated rings. The molecule has 0 unspecified atom stereocenters. The molecule has 0 spiro atoms. The Labute approximate surface area is 154 Å². The fraction of sp³-hybridized carbons (Fsp3) is 0.684. The van der Waals surface area contributed by atoms with Gasteiger partial charge in [0.1, 0.15) is 18.1 Å². The van der Waals surface area contributed by atoms with E-state index in [1.165, 1.54) is 6.26 Å². The summed E-state index contributed by atoms with van der Waals surface area (Å²) in [6.07, 6.45) is 1.51. The van der Waals surface area contributed by atoms with Crippen molar-refractivity contribution in [2.75, 3.05) is 45.9 Å². The van der Waals surface area contributed by atoms with E-state index < -0.39 is 6.04 Å². The van der Waals surface area contributed by atoms with Gasteiger partial charge in [0.05, 0.1) is 25.3 Å². The van der Waals surface area contributed by atoms with Crippen LogP contribution in [0, 0.1) is 5.92 Å². The number of rotatable bonds is 5. The highest BCUT2D eigenvalue weighted by atomic mass is 16.5. The average molecular weight is 363 g/mol. The van der Waals surface area contributed by atoms with Crippen LogP contribution < -0.4 is 0 Å². The lowest BCUT2D eigenvalue weighted by Gasteiger charge is -2.39. The minimum Gasteiger partial charge on any atom is -0.467 e. The van der Waals surface area contributed by atoms with Gasteiger partial charge in [0.25, 0.3) is 5.91 Å². The molecular weight excluding hydrogens is 334 g/mol. The van der Waals surface area contributed by atoms with Gasteiger partial charge in [0.15, 0.2) is 0 Å². The van der Waals surface area contributed by atoms with Crippen molar-refractivity contribution in [1.29, 1.82) is 0 Å². The minimum absolute atomic E-state index is 0.0235. The van der Waals surface area contributed by atoms with Crippen LogP contribution in [0.3, 0.4) is 0 Å². The summed E-state index contributed by atoms with van der Waals surface area (Å²) in [6, 6.07) is 1.36. The summed E-state index contributed by atoms with van der Waals surface area (Å²) in [5, 5.41) is 0. The molecule has 1 aromatic rings. The summed E-state index contributed by atoms with van der Waals surface area (Å²) in [4.78, 5) is 31.2. The fourth-order valence-corrected chi connectivity index (χ4v) is 3.55. The number of hydrogen-bond donors (Lipinski definition) is 0. The van der Waals surface area contributed by atoms with Crippen molar-refractivity contribution < 1.29 is 18.7 Å². The first-order chi connectivity index (χ1) is 12.5. The number of hydrogen-bond acceptors (Lipinski definition) is 5. The van der Waals surface area contributed by atoms with Gasteiger partial charge >= 0.3 is 0 Å². The second kappa shape index (κ2) is 8.22. The van der Waals surface area contributed by atoms with E-state index in [2.05, 4.69) is 18.7 Å². The maximum atomic E-state index is 12.9. The number of amides is 2. The van der Waals surface area contributed by atoms with Crippen molar-refractivity contribution in [3.05, 3.63) is 23.7 Å². The molecule has 144 valence electrons. The first-order valence-electron chi connectivity index (χ1n) is 9.43. The largest absolute Gasteiger partial charge is 0.467 e. The van der Waals surface area contributed by atoms with Crippen LogP contribution in [0.1, 0.15) is 36.9 Å². The van der Waals surface area contributed by atoms with Crippen LogP contribution in [0.25, 0.3) is 0 Å². The first-order valence-corrected chi connectivity index (χ1v) is 9.43. The van der Waals surface area contributed by atoms with E-state index in [4.69, 9.17) is 9.15 Å². The number of ether oxygens (including phenoxy) is 1. The zero-order valence-electron chi connectivity index (χ0n) is 15.9. The van der Waals surface area contributed by atoms with Gasteiger partial charge in [-0.3, -0.25) is 14.5 Å². The number of nitrogens with zero attached hydrogens (tertiary/aromatic N) is 3. The Kier molecular flexibility index (Phi) is 5.98. The quantitative estimate of drug-likeness (QED) is 0.792. The van der Waals surface area contributed by atoms with E-state index in [1.807, 2.05) is 4.90 Å². The number of carbonyl (C=O) groups excluding carboxylic acids is 2. The van der Waals surface area contributed by atoms with E-state index in [0.717, 1.165) is 38.6 Å². The fourth-order valence-electron chi connectivity index (χ4n) is 3.55. The van der Waals surface area contributed by atoms with Crippen LogP contribution >= 0.6 is 0 Å². The van der Waals surface area contributed by atoms with Gasteiger partial charge in [-0.25, -0.2) is 0 Å². The Morgan fingerprint density at radius 3 is 2.65 bits per heavy atom. The maximum Gasteiger partial charge on any atom is 0.257 e. The summed E-state index contributed by atoms with van der Waals surface area (Å²) in [5.74, 6) is 1.08. The number of carbonyl (C=O) groups is 2. The monoisotopic (exact) mass is 363 g/mol. The van der Waals surface area contributed by atoms with E-state index in [1.54, 1.807) is 17.9 Å². The second-order valence-corrected chi connectivity index (χ2v) is 7.54. The van der Waals surface area contributed by atoms with Crippen LogP contribution in [0.2, 0.25) is 0 Å². The zero-order valence-corrected chi connectivity index (χ0v) is 15.9. The molecule has 0 bridgehead atoms. The predicted octanol–water partition coefficient (Wildman–Crippen LogP) is 1.44. The van der Waals surface area contributed by atoms with Crippen LogP contribution in [0.5, 0.6) is 0 Å². The van der Waals surface area contributed by atoms with Crippen molar-refractivity contribution in [3.8, 4) is 0 Å². The summed E-state index contributed by atoms with van der Waals surface area (Å²) >= 11 is 0. The predicted molar refractivity (Wildman–Crippen MR) is 96.7 cm³/mol. The molecule has 0 N–H and O–H groups in total. The first kappa shape index (κ1) is 18.9. The van der Waals surface area contributed by atoms with Gasteiger partial charge in [0.2, 0.25) is 5.91 Å². The Morgan fingerprint density at radius 2 is 1.96 bits per heavy atom.